The summed E-state index contributed by atoms with van der Waals surface area (Å²) in [6.07, 6.45) is 0.898. The van der Waals surface area contributed by atoms with Gasteiger partial charge < -0.3 is 15.0 Å². The van der Waals surface area contributed by atoms with Crippen molar-refractivity contribution >= 4 is 11.7 Å². The third-order valence-corrected chi connectivity index (χ3v) is 4.50. The first-order valence-electron chi connectivity index (χ1n) is 8.14. The molecule has 126 valence electrons. The van der Waals surface area contributed by atoms with Gasteiger partial charge in [-0.2, -0.15) is 0 Å². The number of benzene rings is 1. The van der Waals surface area contributed by atoms with Crippen molar-refractivity contribution in [1.29, 1.82) is 0 Å². The molecule has 1 N–H and O–H groups in total. The third-order valence-electron chi connectivity index (χ3n) is 4.50. The van der Waals surface area contributed by atoms with Gasteiger partial charge >= 0.3 is 6.03 Å². The molecule has 0 atom stereocenters. The summed E-state index contributed by atoms with van der Waals surface area (Å²) in [7, 11) is 1.58. The molecule has 1 aliphatic heterocycles. The quantitative estimate of drug-likeness (QED) is 0.918. The number of hydrogen-bond acceptors (Lipinski definition) is 3. The van der Waals surface area contributed by atoms with Crippen LogP contribution in [0.15, 0.2) is 24.3 Å². The zero-order valence-electron chi connectivity index (χ0n) is 14.6. The number of amides is 2. The van der Waals surface area contributed by atoms with E-state index in [-0.39, 0.29) is 6.03 Å². The lowest BCUT2D eigenvalue weighted by Gasteiger charge is -2.30. The molecule has 2 aromatic rings. The molecule has 1 aromatic carbocycles. The van der Waals surface area contributed by atoms with Crippen LogP contribution < -0.4 is 10.1 Å². The summed E-state index contributed by atoms with van der Waals surface area (Å²) in [5.74, 6) is 0.545. The van der Waals surface area contributed by atoms with Crippen LogP contribution in [0.1, 0.15) is 27.9 Å². The lowest BCUT2D eigenvalue weighted by molar-refractivity contribution is 0.206. The van der Waals surface area contributed by atoms with E-state index in [2.05, 4.69) is 36.3 Å². The number of ether oxygens (including phenoxy) is 1. The molecule has 5 heteroatoms. The van der Waals surface area contributed by atoms with Crippen molar-refractivity contribution in [2.75, 3.05) is 19.0 Å². The average molecular weight is 325 g/mol. The van der Waals surface area contributed by atoms with E-state index in [4.69, 9.17) is 4.74 Å². The van der Waals surface area contributed by atoms with E-state index in [1.807, 2.05) is 17.9 Å². The monoisotopic (exact) mass is 325 g/mol. The summed E-state index contributed by atoms with van der Waals surface area (Å²) in [6, 6.07) is 7.88. The predicted octanol–water partition coefficient (Wildman–Crippen LogP) is 3.61. The standard InChI is InChI=1S/C19H23N3O2/c1-12-9-13(2)16-7-8-22(11-15(16)10-12)19(23)21-17-5-6-18(24-4)20-14(17)3/h5-6,9-10H,7-8,11H2,1-4H3,(H,21,23). The highest BCUT2D eigenvalue weighted by Crippen LogP contribution is 2.25. The fourth-order valence-electron chi connectivity index (χ4n) is 3.27. The SMILES string of the molecule is COc1ccc(NC(=O)N2CCc3c(C)cc(C)cc3C2)c(C)n1. The maximum absolute atomic E-state index is 12.6. The molecule has 0 unspecified atom stereocenters. The Bertz CT molecular complexity index is 786. The zero-order chi connectivity index (χ0) is 17.3. The molecular weight excluding hydrogens is 302 g/mol. The van der Waals surface area contributed by atoms with Crippen molar-refractivity contribution in [3.63, 3.8) is 0 Å². The van der Waals surface area contributed by atoms with Crippen molar-refractivity contribution in [1.82, 2.24) is 9.88 Å². The number of pyridine rings is 1. The molecule has 0 saturated carbocycles. The van der Waals surface area contributed by atoms with Gasteiger partial charge in [0.2, 0.25) is 5.88 Å². The second-order valence-electron chi connectivity index (χ2n) is 6.31. The minimum absolute atomic E-state index is 0.0881. The van der Waals surface area contributed by atoms with Crippen LogP contribution in [0.5, 0.6) is 5.88 Å². The molecule has 24 heavy (non-hydrogen) atoms. The first-order valence-corrected chi connectivity index (χ1v) is 8.14. The summed E-state index contributed by atoms with van der Waals surface area (Å²) in [5.41, 5.74) is 6.65. The van der Waals surface area contributed by atoms with Crippen LogP contribution in [0.3, 0.4) is 0 Å². The Morgan fingerprint density at radius 1 is 1.25 bits per heavy atom. The summed E-state index contributed by atoms with van der Waals surface area (Å²) in [4.78, 5) is 18.8. The number of urea groups is 1. The molecule has 0 saturated heterocycles. The van der Waals surface area contributed by atoms with Gasteiger partial charge in [0.15, 0.2) is 0 Å². The van der Waals surface area contributed by atoms with Gasteiger partial charge in [0, 0.05) is 19.2 Å². The Kier molecular flexibility index (Phi) is 4.42. The number of aryl methyl sites for hydroxylation is 3. The predicted molar refractivity (Wildman–Crippen MR) is 94.6 cm³/mol. The highest BCUT2D eigenvalue weighted by Gasteiger charge is 2.22. The van der Waals surface area contributed by atoms with Crippen LogP contribution in [0.4, 0.5) is 10.5 Å². The zero-order valence-corrected chi connectivity index (χ0v) is 14.6. The number of methoxy groups -OCH3 is 1. The number of nitrogens with one attached hydrogen (secondary N) is 1. The molecule has 0 spiro atoms. The molecular formula is C19H23N3O2. The van der Waals surface area contributed by atoms with Crippen molar-refractivity contribution < 1.29 is 9.53 Å². The van der Waals surface area contributed by atoms with E-state index in [1.165, 1.54) is 22.3 Å². The Morgan fingerprint density at radius 3 is 2.75 bits per heavy atom. The number of anilines is 1. The van der Waals surface area contributed by atoms with Crippen LogP contribution in [0.25, 0.3) is 0 Å². The largest absolute Gasteiger partial charge is 0.481 e. The Labute approximate surface area is 142 Å². The molecule has 3 rings (SSSR count). The van der Waals surface area contributed by atoms with Gasteiger partial charge in [0.1, 0.15) is 0 Å². The van der Waals surface area contributed by atoms with Crippen LogP contribution in [-0.4, -0.2) is 29.6 Å². The first-order chi connectivity index (χ1) is 11.5. The number of carbonyl (C=O) groups excluding carboxylic acids is 1. The molecule has 5 nitrogen and oxygen atoms in total. The van der Waals surface area contributed by atoms with E-state index in [0.29, 0.717) is 18.1 Å². The smallest absolute Gasteiger partial charge is 0.322 e. The normalized spacial score (nSPS) is 13.4. The lowest BCUT2D eigenvalue weighted by Crippen LogP contribution is -2.39. The third kappa shape index (κ3) is 3.20. The average Bonchev–Trinajstić information content (AvgIpc) is 2.55. The van der Waals surface area contributed by atoms with Crippen LogP contribution in [0.2, 0.25) is 0 Å². The number of aromatic nitrogens is 1. The van der Waals surface area contributed by atoms with E-state index in [9.17, 15) is 4.79 Å². The fourth-order valence-corrected chi connectivity index (χ4v) is 3.27. The number of fused-ring (bicyclic) bond motifs is 1. The van der Waals surface area contributed by atoms with Crippen LogP contribution in [0, 0.1) is 20.8 Å². The van der Waals surface area contributed by atoms with Gasteiger partial charge in [0.25, 0.3) is 0 Å². The van der Waals surface area contributed by atoms with E-state index in [1.54, 1.807) is 13.2 Å². The fraction of sp³-hybridized carbons (Fsp3) is 0.368. The maximum Gasteiger partial charge on any atom is 0.322 e. The minimum atomic E-state index is -0.0881. The van der Waals surface area contributed by atoms with Gasteiger partial charge in [-0.15, -0.1) is 0 Å². The minimum Gasteiger partial charge on any atom is -0.481 e. The molecule has 0 aliphatic carbocycles. The van der Waals surface area contributed by atoms with Gasteiger partial charge in [0.05, 0.1) is 18.5 Å². The van der Waals surface area contributed by atoms with Gasteiger partial charge in [-0.05, 0) is 49.9 Å². The van der Waals surface area contributed by atoms with E-state index in [0.717, 1.165) is 18.7 Å². The van der Waals surface area contributed by atoms with E-state index >= 15 is 0 Å². The highest BCUT2D eigenvalue weighted by molar-refractivity contribution is 5.90. The Hall–Kier alpha value is -2.56. The summed E-state index contributed by atoms with van der Waals surface area (Å²) < 4.78 is 5.10. The first kappa shape index (κ1) is 16.3. The van der Waals surface area contributed by atoms with Crippen molar-refractivity contribution in [3.05, 3.63) is 52.2 Å². The molecule has 0 radical (unpaired) electrons. The topological polar surface area (TPSA) is 54.5 Å². The molecule has 2 amide bonds. The van der Waals surface area contributed by atoms with Crippen molar-refractivity contribution in [2.45, 2.75) is 33.7 Å². The van der Waals surface area contributed by atoms with E-state index < -0.39 is 0 Å². The van der Waals surface area contributed by atoms with Gasteiger partial charge in [-0.3, -0.25) is 0 Å². The molecule has 0 bridgehead atoms. The second kappa shape index (κ2) is 6.51. The highest BCUT2D eigenvalue weighted by atomic mass is 16.5. The van der Waals surface area contributed by atoms with Gasteiger partial charge in [-0.1, -0.05) is 17.7 Å². The lowest BCUT2D eigenvalue weighted by atomic mass is 9.93. The molecule has 1 aromatic heterocycles. The number of carbonyl (C=O) groups is 1. The number of hydrogen-bond donors (Lipinski definition) is 1. The molecule has 2 heterocycles. The maximum atomic E-state index is 12.6. The van der Waals surface area contributed by atoms with Crippen molar-refractivity contribution in [3.8, 4) is 5.88 Å². The molecule has 1 aliphatic rings. The van der Waals surface area contributed by atoms with Crippen LogP contribution in [-0.2, 0) is 13.0 Å². The summed E-state index contributed by atoms with van der Waals surface area (Å²) >= 11 is 0. The second-order valence-corrected chi connectivity index (χ2v) is 6.31. The molecule has 0 fully saturated rings. The number of nitrogens with zero attached hydrogens (tertiary/aromatic N) is 2. The van der Waals surface area contributed by atoms with Gasteiger partial charge in [-0.25, -0.2) is 9.78 Å². The summed E-state index contributed by atoms with van der Waals surface area (Å²) in [5, 5.41) is 2.96. The van der Waals surface area contributed by atoms with Crippen LogP contribution >= 0.6 is 0 Å². The Morgan fingerprint density at radius 2 is 2.04 bits per heavy atom. The van der Waals surface area contributed by atoms with Crippen molar-refractivity contribution in [2.24, 2.45) is 0 Å². The Balaban J connectivity index is 1.75. The number of rotatable bonds is 2. The summed E-state index contributed by atoms with van der Waals surface area (Å²) in [6.45, 7) is 7.47.